The van der Waals surface area contributed by atoms with Crippen molar-refractivity contribution in [2.24, 2.45) is 0 Å². The molecule has 0 unspecified atom stereocenters. The van der Waals surface area contributed by atoms with Crippen LogP contribution in [0.15, 0.2) is 62.7 Å². The smallest absolute Gasteiger partial charge is 0.322 e. The van der Waals surface area contributed by atoms with E-state index in [2.05, 4.69) is 15.5 Å². The van der Waals surface area contributed by atoms with Gasteiger partial charge in [0.1, 0.15) is 5.82 Å². The van der Waals surface area contributed by atoms with E-state index in [1.807, 2.05) is 0 Å². The van der Waals surface area contributed by atoms with Gasteiger partial charge in [0.05, 0.1) is 22.0 Å². The lowest BCUT2D eigenvalue weighted by Gasteiger charge is -2.04. The van der Waals surface area contributed by atoms with Gasteiger partial charge >= 0.3 is 6.01 Å². The van der Waals surface area contributed by atoms with E-state index in [0.29, 0.717) is 0 Å². The van der Waals surface area contributed by atoms with Gasteiger partial charge in [-0.15, -0.1) is 5.10 Å². The van der Waals surface area contributed by atoms with E-state index in [9.17, 15) is 26.0 Å². The van der Waals surface area contributed by atoms with E-state index in [0.717, 1.165) is 36.1 Å². The fourth-order valence-corrected chi connectivity index (χ4v) is 4.44. The Hall–Kier alpha value is -3.12. The van der Waals surface area contributed by atoms with Gasteiger partial charge in [0.15, 0.2) is 19.7 Å². The Morgan fingerprint density at radius 1 is 0.968 bits per heavy atom. The summed E-state index contributed by atoms with van der Waals surface area (Å²) in [4.78, 5) is 12.1. The highest BCUT2D eigenvalue weighted by Crippen LogP contribution is 2.16. The lowest BCUT2D eigenvalue weighted by molar-refractivity contribution is -0.116. The average molecular weight is 468 g/mol. The first-order valence-electron chi connectivity index (χ1n) is 8.92. The molecule has 2 aromatic carbocycles. The van der Waals surface area contributed by atoms with E-state index in [-0.39, 0.29) is 34.5 Å². The zero-order chi connectivity index (χ0) is 22.6. The summed E-state index contributed by atoms with van der Waals surface area (Å²) in [6.07, 6.45) is 0.968. The number of sulfone groups is 2. The third-order valence-electron chi connectivity index (χ3n) is 4.19. The number of aromatic nitrogens is 2. The van der Waals surface area contributed by atoms with Crippen LogP contribution >= 0.6 is 0 Å². The first kappa shape index (κ1) is 22.6. The van der Waals surface area contributed by atoms with Gasteiger partial charge < -0.3 is 4.42 Å². The summed E-state index contributed by atoms with van der Waals surface area (Å²) in [5.74, 6) is -1.49. The van der Waals surface area contributed by atoms with Crippen LogP contribution in [0.1, 0.15) is 17.9 Å². The molecule has 0 saturated heterocycles. The molecule has 12 heteroatoms. The monoisotopic (exact) mass is 467 g/mol. The van der Waals surface area contributed by atoms with Crippen molar-refractivity contribution in [2.75, 3.05) is 17.3 Å². The summed E-state index contributed by atoms with van der Waals surface area (Å²) in [7, 11) is -7.05. The molecule has 0 saturated carbocycles. The van der Waals surface area contributed by atoms with E-state index in [1.165, 1.54) is 12.1 Å². The van der Waals surface area contributed by atoms with Crippen molar-refractivity contribution in [1.29, 1.82) is 0 Å². The lowest BCUT2D eigenvalue weighted by atomic mass is 10.1. The van der Waals surface area contributed by atoms with Crippen LogP contribution < -0.4 is 5.32 Å². The first-order chi connectivity index (χ1) is 14.5. The topological polar surface area (TPSA) is 136 Å². The molecule has 0 atom stereocenters. The molecule has 0 aliphatic carbocycles. The number of benzene rings is 2. The van der Waals surface area contributed by atoms with Crippen LogP contribution in [0.5, 0.6) is 0 Å². The van der Waals surface area contributed by atoms with Gasteiger partial charge in [-0.05, 0) is 42.0 Å². The number of anilines is 1. The maximum absolute atomic E-state index is 12.9. The molecule has 3 aromatic rings. The molecule has 1 amide bonds. The third-order valence-corrected chi connectivity index (χ3v) is 7.05. The van der Waals surface area contributed by atoms with E-state index < -0.39 is 37.2 Å². The highest BCUT2D eigenvalue weighted by atomic mass is 32.2. The summed E-state index contributed by atoms with van der Waals surface area (Å²) in [6, 6.07) is 10.3. The predicted octanol–water partition coefficient (Wildman–Crippen LogP) is 2.01. The van der Waals surface area contributed by atoms with Crippen LogP contribution in [0.25, 0.3) is 0 Å². The number of carbonyl (C=O) groups is 1. The molecule has 0 radical (unpaired) electrons. The van der Waals surface area contributed by atoms with Crippen molar-refractivity contribution in [3.63, 3.8) is 0 Å². The van der Waals surface area contributed by atoms with Crippen LogP contribution in [-0.4, -0.2) is 44.9 Å². The number of nitrogens with zero attached hydrogens (tertiary/aromatic N) is 2. The Kier molecular flexibility index (Phi) is 6.51. The molecule has 164 valence electrons. The van der Waals surface area contributed by atoms with Gasteiger partial charge in [0.25, 0.3) is 0 Å². The number of nitrogens with one attached hydrogen (secondary N) is 1. The molecule has 1 heterocycles. The number of carbonyl (C=O) groups excluding carboxylic acids is 1. The van der Waals surface area contributed by atoms with Gasteiger partial charge in [-0.25, -0.2) is 21.2 Å². The molecule has 3 rings (SSSR count). The fourth-order valence-electron chi connectivity index (χ4n) is 2.57. The zero-order valence-corrected chi connectivity index (χ0v) is 17.9. The van der Waals surface area contributed by atoms with Crippen molar-refractivity contribution in [3.05, 3.63) is 65.8 Å². The quantitative estimate of drug-likeness (QED) is 0.497. The van der Waals surface area contributed by atoms with Gasteiger partial charge in [0.2, 0.25) is 11.8 Å². The number of hydrogen-bond donors (Lipinski definition) is 1. The molecule has 1 N–H and O–H groups in total. The second kappa shape index (κ2) is 8.94. The number of hydrogen-bond acceptors (Lipinski definition) is 8. The summed E-state index contributed by atoms with van der Waals surface area (Å²) >= 11 is 0. The minimum absolute atomic E-state index is 0.0799. The second-order valence-corrected chi connectivity index (χ2v) is 10.8. The molecule has 9 nitrogen and oxygen atoms in total. The van der Waals surface area contributed by atoms with Gasteiger partial charge in [-0.3, -0.25) is 10.1 Å². The van der Waals surface area contributed by atoms with Crippen molar-refractivity contribution < 1.29 is 30.4 Å². The van der Waals surface area contributed by atoms with Crippen molar-refractivity contribution >= 4 is 31.6 Å². The maximum Gasteiger partial charge on any atom is 0.322 e. The molecular formula is C19H18FN3O6S2. The zero-order valence-electron chi connectivity index (χ0n) is 16.3. The summed E-state index contributed by atoms with van der Waals surface area (Å²) < 4.78 is 65.6. The standard InChI is InChI=1S/C19H18FN3O6S2/c1-30(25,26)15-6-2-13(3-7-15)12-18-22-23-19(29-18)21-17(24)10-11-31(27,28)16-8-4-14(20)5-9-16/h2-9H,10-12H2,1H3,(H,21,23,24). The Bertz CT molecular complexity index is 1290. The molecule has 0 spiro atoms. The van der Waals surface area contributed by atoms with Gasteiger partial charge in [-0.1, -0.05) is 17.2 Å². The normalized spacial score (nSPS) is 11.9. The number of amides is 1. The van der Waals surface area contributed by atoms with Crippen LogP contribution in [0, 0.1) is 5.82 Å². The van der Waals surface area contributed by atoms with Gasteiger partial charge in [0, 0.05) is 12.7 Å². The van der Waals surface area contributed by atoms with Crippen molar-refractivity contribution in [2.45, 2.75) is 22.6 Å². The highest BCUT2D eigenvalue weighted by molar-refractivity contribution is 7.91. The Labute approximate surface area is 178 Å². The summed E-state index contributed by atoms with van der Waals surface area (Å²) in [6.45, 7) is 0. The predicted molar refractivity (Wildman–Crippen MR) is 108 cm³/mol. The molecule has 1 aromatic heterocycles. The van der Waals surface area contributed by atoms with Crippen LogP contribution in [-0.2, 0) is 30.9 Å². The number of rotatable bonds is 8. The molecule has 0 bridgehead atoms. The molecular weight excluding hydrogens is 449 g/mol. The summed E-state index contributed by atoms with van der Waals surface area (Å²) in [5, 5.41) is 9.81. The van der Waals surface area contributed by atoms with Crippen LogP contribution in [0.3, 0.4) is 0 Å². The Balaban J connectivity index is 1.55. The fraction of sp³-hybridized carbons (Fsp3) is 0.211. The second-order valence-electron chi connectivity index (χ2n) is 6.66. The van der Waals surface area contributed by atoms with Crippen LogP contribution in [0.2, 0.25) is 0 Å². The Morgan fingerprint density at radius 2 is 1.58 bits per heavy atom. The molecule has 0 aliphatic rings. The molecule has 31 heavy (non-hydrogen) atoms. The Morgan fingerprint density at radius 3 is 2.19 bits per heavy atom. The molecule has 0 aliphatic heterocycles. The minimum Gasteiger partial charge on any atom is -0.407 e. The lowest BCUT2D eigenvalue weighted by Crippen LogP contribution is -2.17. The minimum atomic E-state index is -3.75. The average Bonchev–Trinajstić information content (AvgIpc) is 3.13. The van der Waals surface area contributed by atoms with E-state index in [1.54, 1.807) is 12.1 Å². The largest absolute Gasteiger partial charge is 0.407 e. The van der Waals surface area contributed by atoms with E-state index in [4.69, 9.17) is 4.42 Å². The summed E-state index contributed by atoms with van der Waals surface area (Å²) in [5.41, 5.74) is 0.722. The SMILES string of the molecule is CS(=O)(=O)c1ccc(Cc2nnc(NC(=O)CCS(=O)(=O)c3ccc(F)cc3)o2)cc1. The van der Waals surface area contributed by atoms with Crippen molar-refractivity contribution in [3.8, 4) is 0 Å². The highest BCUT2D eigenvalue weighted by Gasteiger charge is 2.18. The van der Waals surface area contributed by atoms with Gasteiger partial charge in [-0.2, -0.15) is 0 Å². The molecule has 0 fully saturated rings. The van der Waals surface area contributed by atoms with E-state index >= 15 is 0 Å². The van der Waals surface area contributed by atoms with Crippen LogP contribution in [0.4, 0.5) is 10.4 Å². The third kappa shape index (κ3) is 6.18. The van der Waals surface area contributed by atoms with Crippen molar-refractivity contribution in [1.82, 2.24) is 10.2 Å². The first-order valence-corrected chi connectivity index (χ1v) is 12.5. The number of halogens is 1. The maximum atomic E-state index is 12.9.